The molecule has 1 fully saturated rings. The van der Waals surface area contributed by atoms with Crippen LogP contribution in [0.4, 0.5) is 8.78 Å². The third-order valence-corrected chi connectivity index (χ3v) is 3.78. The van der Waals surface area contributed by atoms with Gasteiger partial charge in [-0.05, 0) is 42.6 Å². The van der Waals surface area contributed by atoms with Crippen molar-refractivity contribution in [1.82, 2.24) is 10.6 Å². The highest BCUT2D eigenvalue weighted by molar-refractivity contribution is 5.94. The molecule has 0 spiro atoms. The molecule has 116 valence electrons. The minimum atomic E-state index is -2.86. The van der Waals surface area contributed by atoms with Crippen molar-refractivity contribution in [2.24, 2.45) is 5.41 Å². The zero-order valence-corrected chi connectivity index (χ0v) is 12.2. The summed E-state index contributed by atoms with van der Waals surface area (Å²) in [4.78, 5) is 12.2. The lowest BCUT2D eigenvalue weighted by molar-refractivity contribution is -0.0498. The Kier molecular flexibility index (Phi) is 4.77. The number of hydrogen-bond acceptors (Lipinski definition) is 3. The molecule has 2 rings (SSSR count). The van der Waals surface area contributed by atoms with Crippen molar-refractivity contribution in [2.75, 3.05) is 13.1 Å². The molecule has 0 aromatic heterocycles. The molecular weight excluding hydrogens is 278 g/mol. The summed E-state index contributed by atoms with van der Waals surface area (Å²) in [7, 11) is 0. The predicted molar refractivity (Wildman–Crippen MR) is 75.6 cm³/mol. The van der Waals surface area contributed by atoms with Gasteiger partial charge in [-0.15, -0.1) is 0 Å². The number of benzene rings is 1. The molecule has 6 heteroatoms. The van der Waals surface area contributed by atoms with Crippen molar-refractivity contribution in [3.05, 3.63) is 29.8 Å². The average molecular weight is 298 g/mol. The van der Waals surface area contributed by atoms with Crippen molar-refractivity contribution in [2.45, 2.75) is 32.9 Å². The summed E-state index contributed by atoms with van der Waals surface area (Å²) >= 11 is 0. The van der Waals surface area contributed by atoms with E-state index in [0.29, 0.717) is 5.56 Å². The van der Waals surface area contributed by atoms with E-state index in [9.17, 15) is 13.6 Å². The predicted octanol–water partition coefficient (Wildman–Crippen LogP) is 2.41. The van der Waals surface area contributed by atoms with Gasteiger partial charge in [0.15, 0.2) is 0 Å². The molecule has 4 nitrogen and oxygen atoms in total. The lowest BCUT2D eigenvalue weighted by atomic mass is 9.80. The molecule has 1 unspecified atom stereocenters. The van der Waals surface area contributed by atoms with Gasteiger partial charge in [-0.3, -0.25) is 4.79 Å². The van der Waals surface area contributed by atoms with Gasteiger partial charge in [0.1, 0.15) is 5.75 Å². The lowest BCUT2D eigenvalue weighted by Gasteiger charge is -2.39. The second kappa shape index (κ2) is 6.39. The largest absolute Gasteiger partial charge is 0.435 e. The van der Waals surface area contributed by atoms with E-state index in [1.807, 2.05) is 0 Å². The number of alkyl halides is 2. The van der Waals surface area contributed by atoms with Gasteiger partial charge >= 0.3 is 6.61 Å². The van der Waals surface area contributed by atoms with Crippen LogP contribution in [-0.2, 0) is 0 Å². The number of amides is 1. The van der Waals surface area contributed by atoms with E-state index in [-0.39, 0.29) is 23.1 Å². The maximum Gasteiger partial charge on any atom is 0.387 e. The number of carbonyl (C=O) groups excluding carboxylic acids is 1. The molecule has 0 radical (unpaired) electrons. The van der Waals surface area contributed by atoms with Gasteiger partial charge in [0.2, 0.25) is 0 Å². The highest BCUT2D eigenvalue weighted by Crippen LogP contribution is 2.25. The molecule has 21 heavy (non-hydrogen) atoms. The van der Waals surface area contributed by atoms with Gasteiger partial charge < -0.3 is 15.4 Å². The SMILES string of the molecule is CC1(C)CNCCC1NC(=O)c1ccc(OC(F)F)cc1. The zero-order valence-electron chi connectivity index (χ0n) is 12.2. The Morgan fingerprint density at radius 3 is 2.62 bits per heavy atom. The summed E-state index contributed by atoms with van der Waals surface area (Å²) in [6.45, 7) is 3.06. The quantitative estimate of drug-likeness (QED) is 0.897. The molecule has 1 atom stereocenters. The van der Waals surface area contributed by atoms with E-state index in [0.717, 1.165) is 19.5 Å². The van der Waals surface area contributed by atoms with E-state index in [1.54, 1.807) is 0 Å². The molecule has 0 aliphatic carbocycles. The topological polar surface area (TPSA) is 50.4 Å². The van der Waals surface area contributed by atoms with Crippen molar-refractivity contribution >= 4 is 5.91 Å². The summed E-state index contributed by atoms with van der Waals surface area (Å²) in [5, 5.41) is 6.32. The molecule has 0 bridgehead atoms. The molecular formula is C15H20F2N2O2. The van der Waals surface area contributed by atoms with Gasteiger partial charge in [0, 0.05) is 18.2 Å². The van der Waals surface area contributed by atoms with Crippen molar-refractivity contribution in [1.29, 1.82) is 0 Å². The normalized spacial score (nSPS) is 21.1. The van der Waals surface area contributed by atoms with E-state index in [1.165, 1.54) is 24.3 Å². The molecule has 1 saturated heterocycles. The van der Waals surface area contributed by atoms with Crippen molar-refractivity contribution in [3.8, 4) is 5.75 Å². The van der Waals surface area contributed by atoms with E-state index in [2.05, 4.69) is 29.2 Å². The highest BCUT2D eigenvalue weighted by Gasteiger charge is 2.33. The number of halogens is 2. The molecule has 1 amide bonds. The van der Waals surface area contributed by atoms with Crippen LogP contribution in [0, 0.1) is 5.41 Å². The van der Waals surface area contributed by atoms with Gasteiger partial charge in [-0.25, -0.2) is 0 Å². The van der Waals surface area contributed by atoms with Crippen LogP contribution in [0.5, 0.6) is 5.75 Å². The smallest absolute Gasteiger partial charge is 0.387 e. The summed E-state index contributed by atoms with van der Waals surface area (Å²) in [6, 6.07) is 5.80. The Hall–Kier alpha value is -1.69. The molecule has 0 saturated carbocycles. The summed E-state index contributed by atoms with van der Waals surface area (Å²) < 4.78 is 28.4. The summed E-state index contributed by atoms with van der Waals surface area (Å²) in [5.41, 5.74) is 0.415. The lowest BCUT2D eigenvalue weighted by Crippen LogP contribution is -2.54. The van der Waals surface area contributed by atoms with Gasteiger partial charge in [-0.2, -0.15) is 8.78 Å². The van der Waals surface area contributed by atoms with Crippen LogP contribution < -0.4 is 15.4 Å². The van der Waals surface area contributed by atoms with Gasteiger partial charge in [-0.1, -0.05) is 13.8 Å². The minimum Gasteiger partial charge on any atom is -0.435 e. The zero-order chi connectivity index (χ0) is 15.5. The molecule has 1 aromatic rings. The van der Waals surface area contributed by atoms with Crippen LogP contribution in [0.2, 0.25) is 0 Å². The van der Waals surface area contributed by atoms with Crippen molar-refractivity contribution in [3.63, 3.8) is 0 Å². The van der Waals surface area contributed by atoms with Crippen LogP contribution in [0.1, 0.15) is 30.6 Å². The number of piperidine rings is 1. The van der Waals surface area contributed by atoms with Crippen LogP contribution in [0.25, 0.3) is 0 Å². The molecule has 1 aromatic carbocycles. The molecule has 1 aliphatic heterocycles. The van der Waals surface area contributed by atoms with Crippen LogP contribution in [0.3, 0.4) is 0 Å². The van der Waals surface area contributed by atoms with Crippen LogP contribution in [0.15, 0.2) is 24.3 Å². The highest BCUT2D eigenvalue weighted by atomic mass is 19.3. The number of hydrogen-bond donors (Lipinski definition) is 2. The summed E-state index contributed by atoms with van der Waals surface area (Å²) in [6.07, 6.45) is 0.866. The first-order chi connectivity index (χ1) is 9.88. The fraction of sp³-hybridized carbons (Fsp3) is 0.533. The summed E-state index contributed by atoms with van der Waals surface area (Å²) in [5.74, 6) is -0.151. The third kappa shape index (κ3) is 4.14. The second-order valence-electron chi connectivity index (χ2n) is 5.88. The van der Waals surface area contributed by atoms with E-state index < -0.39 is 6.61 Å². The van der Waals surface area contributed by atoms with Crippen molar-refractivity contribution < 1.29 is 18.3 Å². The fourth-order valence-electron chi connectivity index (χ4n) is 2.47. The molecule has 1 heterocycles. The fourth-order valence-corrected chi connectivity index (χ4v) is 2.47. The number of ether oxygens (including phenoxy) is 1. The average Bonchev–Trinajstić information content (AvgIpc) is 2.41. The maximum absolute atomic E-state index is 12.2. The monoisotopic (exact) mass is 298 g/mol. The Morgan fingerprint density at radius 2 is 2.05 bits per heavy atom. The van der Waals surface area contributed by atoms with E-state index in [4.69, 9.17) is 0 Å². The van der Waals surface area contributed by atoms with Gasteiger partial charge in [0.25, 0.3) is 5.91 Å². The Bertz CT molecular complexity index is 489. The third-order valence-electron chi connectivity index (χ3n) is 3.78. The molecule has 2 N–H and O–H groups in total. The standard InChI is InChI=1S/C15H20F2N2O2/c1-15(2)9-18-8-7-12(15)19-13(20)10-3-5-11(6-4-10)21-14(16)17/h3-6,12,14,18H,7-9H2,1-2H3,(H,19,20). The van der Waals surface area contributed by atoms with E-state index >= 15 is 0 Å². The maximum atomic E-state index is 12.2. The van der Waals surface area contributed by atoms with Gasteiger partial charge in [0.05, 0.1) is 0 Å². The van der Waals surface area contributed by atoms with Crippen LogP contribution in [-0.4, -0.2) is 31.7 Å². The Balaban J connectivity index is 1.99. The molecule has 1 aliphatic rings. The first-order valence-corrected chi connectivity index (χ1v) is 6.95. The minimum absolute atomic E-state index is 0.0212. The van der Waals surface area contributed by atoms with Crippen LogP contribution >= 0.6 is 0 Å². The second-order valence-corrected chi connectivity index (χ2v) is 5.88. The Morgan fingerprint density at radius 1 is 1.38 bits per heavy atom. The number of carbonyl (C=O) groups is 1. The first kappa shape index (κ1) is 15.7. The number of nitrogens with one attached hydrogen (secondary N) is 2. The first-order valence-electron chi connectivity index (χ1n) is 6.95. The number of rotatable bonds is 4. The Labute approximate surface area is 122 Å².